The van der Waals surface area contributed by atoms with Gasteiger partial charge in [0.15, 0.2) is 17.6 Å². The van der Waals surface area contributed by atoms with E-state index >= 15 is 0 Å². The molecule has 2 rings (SSSR count). The third-order valence-electron chi connectivity index (χ3n) is 3.60. The van der Waals surface area contributed by atoms with Gasteiger partial charge in [-0.15, -0.1) is 0 Å². The minimum absolute atomic E-state index is 0.115. The Hall–Kier alpha value is -2.44. The van der Waals surface area contributed by atoms with Crippen LogP contribution in [0.1, 0.15) is 18.9 Å². The molecule has 1 aromatic carbocycles. The quantitative estimate of drug-likeness (QED) is 0.868. The van der Waals surface area contributed by atoms with E-state index < -0.39 is 0 Å². The van der Waals surface area contributed by atoms with E-state index in [1.54, 1.807) is 26.2 Å². The van der Waals surface area contributed by atoms with Crippen molar-refractivity contribution in [2.75, 3.05) is 34.4 Å². The number of likely N-dealkylation sites (N-methyl/N-ethyl adjacent to an activating group) is 1. The Morgan fingerprint density at radius 3 is 2.78 bits per heavy atom. The van der Waals surface area contributed by atoms with E-state index in [1.165, 1.54) is 0 Å². The van der Waals surface area contributed by atoms with E-state index in [-0.39, 0.29) is 12.1 Å². The molecule has 0 aliphatic carbocycles. The normalized spacial score (nSPS) is 16.3. The van der Waals surface area contributed by atoms with Crippen LogP contribution in [0.4, 0.5) is 4.79 Å². The molecular formula is C16H23N3O4. The van der Waals surface area contributed by atoms with Gasteiger partial charge in [0.05, 0.1) is 26.5 Å². The molecule has 0 aromatic heterocycles. The number of rotatable bonds is 6. The maximum Gasteiger partial charge on any atom is 0.317 e. The topological polar surface area (TPSA) is 72.4 Å². The fourth-order valence-electron chi connectivity index (χ4n) is 2.39. The van der Waals surface area contributed by atoms with Crippen LogP contribution in [-0.2, 0) is 4.84 Å². The van der Waals surface area contributed by atoms with Crippen LogP contribution >= 0.6 is 0 Å². The number of nitrogens with one attached hydrogen (secondary N) is 1. The molecule has 1 aliphatic rings. The first kappa shape index (κ1) is 16.9. The largest absolute Gasteiger partial charge is 0.493 e. The summed E-state index contributed by atoms with van der Waals surface area (Å²) in [6.45, 7) is 2.96. The molecule has 0 spiro atoms. The Morgan fingerprint density at radius 2 is 2.13 bits per heavy atom. The first-order valence-corrected chi connectivity index (χ1v) is 7.53. The number of amides is 2. The molecule has 0 radical (unpaired) electrons. The summed E-state index contributed by atoms with van der Waals surface area (Å²) in [7, 11) is 4.93. The lowest BCUT2D eigenvalue weighted by molar-refractivity contribution is 0.0657. The molecule has 126 valence electrons. The molecule has 2 amide bonds. The first-order chi connectivity index (χ1) is 11.1. The van der Waals surface area contributed by atoms with Crippen molar-refractivity contribution in [1.82, 2.24) is 10.2 Å². The van der Waals surface area contributed by atoms with Gasteiger partial charge in [-0.2, -0.15) is 0 Å². The highest BCUT2D eigenvalue weighted by molar-refractivity contribution is 6.01. The van der Waals surface area contributed by atoms with Crippen LogP contribution in [0.2, 0.25) is 0 Å². The molecule has 23 heavy (non-hydrogen) atoms. The fourth-order valence-corrected chi connectivity index (χ4v) is 2.39. The first-order valence-electron chi connectivity index (χ1n) is 7.53. The van der Waals surface area contributed by atoms with Crippen molar-refractivity contribution in [2.45, 2.75) is 19.4 Å². The van der Waals surface area contributed by atoms with E-state index in [4.69, 9.17) is 14.3 Å². The molecule has 1 aromatic rings. The molecule has 1 N–H and O–H groups in total. The Bertz CT molecular complexity index is 589. The zero-order valence-electron chi connectivity index (χ0n) is 14.0. The van der Waals surface area contributed by atoms with Gasteiger partial charge in [-0.05, 0) is 25.1 Å². The van der Waals surface area contributed by atoms with Crippen molar-refractivity contribution >= 4 is 11.7 Å². The maximum atomic E-state index is 11.7. The number of methoxy groups -OCH3 is 2. The van der Waals surface area contributed by atoms with Gasteiger partial charge in [0.2, 0.25) is 0 Å². The molecular weight excluding hydrogens is 298 g/mol. The van der Waals surface area contributed by atoms with Gasteiger partial charge in [-0.25, -0.2) is 4.79 Å². The lowest BCUT2D eigenvalue weighted by Gasteiger charge is -2.20. The predicted molar refractivity (Wildman–Crippen MR) is 87.3 cm³/mol. The van der Waals surface area contributed by atoms with Gasteiger partial charge >= 0.3 is 6.03 Å². The van der Waals surface area contributed by atoms with Crippen LogP contribution in [0.3, 0.4) is 0 Å². The lowest BCUT2D eigenvalue weighted by Crippen LogP contribution is -2.41. The number of oxime groups is 1. The van der Waals surface area contributed by atoms with Crippen molar-refractivity contribution in [2.24, 2.45) is 5.16 Å². The summed E-state index contributed by atoms with van der Waals surface area (Å²) in [5.41, 5.74) is 1.76. The van der Waals surface area contributed by atoms with Gasteiger partial charge < -0.3 is 24.5 Å². The number of nitrogens with zero attached hydrogens (tertiary/aromatic N) is 2. The predicted octanol–water partition coefficient (Wildman–Crippen LogP) is 1.86. The van der Waals surface area contributed by atoms with Crippen LogP contribution in [-0.4, -0.2) is 57.1 Å². The third kappa shape index (κ3) is 4.06. The summed E-state index contributed by atoms with van der Waals surface area (Å²) in [6.07, 6.45) is 0.491. The molecule has 7 nitrogen and oxygen atoms in total. The average molecular weight is 321 g/mol. The van der Waals surface area contributed by atoms with E-state index in [0.29, 0.717) is 31.0 Å². The number of benzene rings is 1. The maximum absolute atomic E-state index is 11.7. The highest BCUT2D eigenvalue weighted by Crippen LogP contribution is 2.29. The monoisotopic (exact) mass is 321 g/mol. The number of carbonyl (C=O) groups is 1. The van der Waals surface area contributed by atoms with E-state index in [1.807, 2.05) is 25.1 Å². The standard InChI is InChI=1S/C16H23N3O4/c1-5-17-16(20)19(2)10-12-9-13(18-23-12)11-6-7-14(21-3)15(8-11)22-4/h6-8,12H,5,9-10H2,1-4H3,(H,17,20). The van der Waals surface area contributed by atoms with Crippen LogP contribution < -0.4 is 14.8 Å². The minimum Gasteiger partial charge on any atom is -0.493 e. The second kappa shape index (κ2) is 7.71. The van der Waals surface area contributed by atoms with Crippen molar-refractivity contribution in [1.29, 1.82) is 0 Å². The van der Waals surface area contributed by atoms with Crippen molar-refractivity contribution in [3.8, 4) is 11.5 Å². The Labute approximate surface area is 136 Å². The third-order valence-corrected chi connectivity index (χ3v) is 3.60. The van der Waals surface area contributed by atoms with Gasteiger partial charge in [0.25, 0.3) is 0 Å². The second-order valence-corrected chi connectivity index (χ2v) is 5.26. The van der Waals surface area contributed by atoms with E-state index in [0.717, 1.165) is 11.3 Å². The molecule has 1 aliphatic heterocycles. The highest BCUT2D eigenvalue weighted by atomic mass is 16.6. The smallest absolute Gasteiger partial charge is 0.317 e. The van der Waals surface area contributed by atoms with Crippen LogP contribution in [0, 0.1) is 0 Å². The van der Waals surface area contributed by atoms with Crippen LogP contribution in [0.15, 0.2) is 23.4 Å². The lowest BCUT2D eigenvalue weighted by atomic mass is 10.0. The number of hydrogen-bond acceptors (Lipinski definition) is 5. The summed E-state index contributed by atoms with van der Waals surface area (Å²) in [5, 5.41) is 6.89. The van der Waals surface area contributed by atoms with E-state index in [9.17, 15) is 4.79 Å². The van der Waals surface area contributed by atoms with Crippen molar-refractivity contribution in [3.05, 3.63) is 23.8 Å². The summed E-state index contributed by atoms with van der Waals surface area (Å²) in [4.78, 5) is 18.8. The summed E-state index contributed by atoms with van der Waals surface area (Å²) < 4.78 is 10.5. The summed E-state index contributed by atoms with van der Waals surface area (Å²) >= 11 is 0. The van der Waals surface area contributed by atoms with Gasteiger partial charge in [-0.1, -0.05) is 5.16 Å². The second-order valence-electron chi connectivity index (χ2n) is 5.26. The molecule has 1 heterocycles. The SMILES string of the molecule is CCNC(=O)N(C)CC1CC(c2ccc(OC)c(OC)c2)=NO1. The van der Waals surface area contributed by atoms with Crippen LogP contribution in [0.25, 0.3) is 0 Å². The zero-order chi connectivity index (χ0) is 16.8. The summed E-state index contributed by atoms with van der Waals surface area (Å²) in [5.74, 6) is 1.32. The molecule has 1 atom stereocenters. The molecule has 1 unspecified atom stereocenters. The number of urea groups is 1. The minimum atomic E-state index is -0.147. The zero-order valence-corrected chi connectivity index (χ0v) is 14.0. The summed E-state index contributed by atoms with van der Waals surface area (Å²) in [6, 6.07) is 5.51. The molecule has 0 fully saturated rings. The van der Waals surface area contributed by atoms with Gasteiger partial charge in [-0.3, -0.25) is 0 Å². The van der Waals surface area contributed by atoms with Crippen LogP contribution in [0.5, 0.6) is 11.5 Å². The molecule has 7 heteroatoms. The number of carbonyl (C=O) groups excluding carboxylic acids is 1. The van der Waals surface area contributed by atoms with E-state index in [2.05, 4.69) is 10.5 Å². The van der Waals surface area contributed by atoms with Gasteiger partial charge in [0.1, 0.15) is 0 Å². The Morgan fingerprint density at radius 1 is 1.39 bits per heavy atom. The van der Waals surface area contributed by atoms with Crippen molar-refractivity contribution < 1.29 is 19.1 Å². The number of hydrogen-bond donors (Lipinski definition) is 1. The Kier molecular flexibility index (Phi) is 5.67. The highest BCUT2D eigenvalue weighted by Gasteiger charge is 2.25. The molecule has 0 saturated heterocycles. The molecule has 0 bridgehead atoms. The van der Waals surface area contributed by atoms with Gasteiger partial charge in [0, 0.05) is 25.6 Å². The van der Waals surface area contributed by atoms with Crippen molar-refractivity contribution in [3.63, 3.8) is 0 Å². The Balaban J connectivity index is 1.98. The average Bonchev–Trinajstić information content (AvgIpc) is 3.02. The fraction of sp³-hybridized carbons (Fsp3) is 0.500. The molecule has 0 saturated carbocycles. The number of ether oxygens (including phenoxy) is 2.